The summed E-state index contributed by atoms with van der Waals surface area (Å²) in [4.78, 5) is 10.6. The SMILES string of the molecule is O=C(O)c1sccc1S(=O)(=O)NCC1CCC1. The summed E-state index contributed by atoms with van der Waals surface area (Å²) in [6, 6.07) is 1.33. The Hall–Kier alpha value is -0.920. The van der Waals surface area contributed by atoms with Gasteiger partial charge in [-0.25, -0.2) is 17.9 Å². The number of carboxylic acid groups (broad SMARTS) is 1. The van der Waals surface area contributed by atoms with E-state index in [1.165, 1.54) is 11.4 Å². The smallest absolute Gasteiger partial charge is 0.347 e. The first-order valence-corrected chi connectivity index (χ1v) is 7.67. The van der Waals surface area contributed by atoms with Crippen LogP contribution in [0.1, 0.15) is 28.9 Å². The summed E-state index contributed by atoms with van der Waals surface area (Å²) in [6.07, 6.45) is 3.22. The fourth-order valence-electron chi connectivity index (χ4n) is 1.67. The van der Waals surface area contributed by atoms with Crippen LogP contribution >= 0.6 is 11.3 Å². The van der Waals surface area contributed by atoms with E-state index in [1.54, 1.807) is 0 Å². The third-order valence-corrected chi connectivity index (χ3v) is 5.40. The molecule has 1 heterocycles. The zero-order chi connectivity index (χ0) is 12.5. The van der Waals surface area contributed by atoms with Gasteiger partial charge in [-0.1, -0.05) is 6.42 Å². The monoisotopic (exact) mass is 275 g/mol. The summed E-state index contributed by atoms with van der Waals surface area (Å²) >= 11 is 0.920. The van der Waals surface area contributed by atoms with Gasteiger partial charge in [0.15, 0.2) is 0 Å². The van der Waals surface area contributed by atoms with Crippen LogP contribution in [0.2, 0.25) is 0 Å². The van der Waals surface area contributed by atoms with Crippen LogP contribution in [0.25, 0.3) is 0 Å². The Kier molecular flexibility index (Phi) is 3.50. The topological polar surface area (TPSA) is 83.5 Å². The largest absolute Gasteiger partial charge is 0.477 e. The van der Waals surface area contributed by atoms with Crippen molar-refractivity contribution < 1.29 is 18.3 Å². The van der Waals surface area contributed by atoms with Crippen LogP contribution < -0.4 is 4.72 Å². The molecule has 1 aromatic rings. The van der Waals surface area contributed by atoms with Crippen LogP contribution in [0.15, 0.2) is 16.3 Å². The first-order chi connectivity index (χ1) is 8.00. The van der Waals surface area contributed by atoms with Crippen molar-refractivity contribution in [3.8, 4) is 0 Å². The maximum Gasteiger partial charge on any atom is 0.347 e. The fraction of sp³-hybridized carbons (Fsp3) is 0.500. The summed E-state index contributed by atoms with van der Waals surface area (Å²) in [5, 5.41) is 10.3. The lowest BCUT2D eigenvalue weighted by molar-refractivity contribution is 0.0698. The van der Waals surface area contributed by atoms with Crippen molar-refractivity contribution in [2.75, 3.05) is 6.54 Å². The number of carbonyl (C=O) groups is 1. The quantitative estimate of drug-likeness (QED) is 0.853. The van der Waals surface area contributed by atoms with Gasteiger partial charge in [-0.15, -0.1) is 11.3 Å². The number of aromatic carboxylic acids is 1. The predicted molar refractivity (Wildman–Crippen MR) is 63.8 cm³/mol. The van der Waals surface area contributed by atoms with Crippen LogP contribution in [0.5, 0.6) is 0 Å². The molecule has 94 valence electrons. The number of carboxylic acids is 1. The number of hydrogen-bond acceptors (Lipinski definition) is 4. The average Bonchev–Trinajstić information content (AvgIpc) is 2.63. The van der Waals surface area contributed by atoms with Crippen LogP contribution in [0.3, 0.4) is 0 Å². The lowest BCUT2D eigenvalue weighted by Crippen LogP contribution is -2.32. The number of thiophene rings is 1. The lowest BCUT2D eigenvalue weighted by atomic mass is 9.86. The molecule has 0 saturated heterocycles. The second-order valence-electron chi connectivity index (χ2n) is 4.07. The molecule has 17 heavy (non-hydrogen) atoms. The average molecular weight is 275 g/mol. The molecule has 0 radical (unpaired) electrons. The normalized spacial score (nSPS) is 16.7. The van der Waals surface area contributed by atoms with E-state index in [-0.39, 0.29) is 9.77 Å². The molecule has 0 aliphatic heterocycles. The van der Waals surface area contributed by atoms with E-state index in [2.05, 4.69) is 4.72 Å². The third kappa shape index (κ3) is 2.67. The highest BCUT2D eigenvalue weighted by molar-refractivity contribution is 7.89. The molecule has 5 nitrogen and oxygen atoms in total. The minimum absolute atomic E-state index is 0.130. The first-order valence-electron chi connectivity index (χ1n) is 5.31. The molecule has 0 spiro atoms. The highest BCUT2D eigenvalue weighted by Crippen LogP contribution is 2.26. The van der Waals surface area contributed by atoms with Crippen molar-refractivity contribution in [3.05, 3.63) is 16.3 Å². The molecule has 2 rings (SSSR count). The molecule has 7 heteroatoms. The maximum atomic E-state index is 11.9. The number of sulfonamides is 1. The van der Waals surface area contributed by atoms with E-state index in [0.29, 0.717) is 12.5 Å². The molecule has 1 fully saturated rings. The third-order valence-electron chi connectivity index (χ3n) is 2.90. The molecule has 1 aromatic heterocycles. The molecular weight excluding hydrogens is 262 g/mol. The lowest BCUT2D eigenvalue weighted by Gasteiger charge is -2.25. The summed E-state index contributed by atoms with van der Waals surface area (Å²) in [5.41, 5.74) is 0. The molecular formula is C10H13NO4S2. The molecule has 0 unspecified atom stereocenters. The van der Waals surface area contributed by atoms with Crippen LogP contribution in [0, 0.1) is 5.92 Å². The number of nitrogens with one attached hydrogen (secondary N) is 1. The standard InChI is InChI=1S/C10H13NO4S2/c12-10(13)9-8(4-5-16-9)17(14,15)11-6-7-2-1-3-7/h4-5,7,11H,1-3,6H2,(H,12,13). The van der Waals surface area contributed by atoms with Crippen LogP contribution in [-0.2, 0) is 10.0 Å². The summed E-state index contributed by atoms with van der Waals surface area (Å²) in [6.45, 7) is 0.400. The van der Waals surface area contributed by atoms with Gasteiger partial charge >= 0.3 is 5.97 Å². The molecule has 0 bridgehead atoms. The zero-order valence-corrected chi connectivity index (χ0v) is 10.7. The summed E-state index contributed by atoms with van der Waals surface area (Å²) < 4.78 is 26.3. The minimum Gasteiger partial charge on any atom is -0.477 e. The van der Waals surface area contributed by atoms with Crippen LogP contribution in [-0.4, -0.2) is 26.0 Å². The van der Waals surface area contributed by atoms with Crippen molar-refractivity contribution >= 4 is 27.3 Å². The van der Waals surface area contributed by atoms with Crippen molar-refractivity contribution in [3.63, 3.8) is 0 Å². The molecule has 0 amide bonds. The second-order valence-corrected chi connectivity index (χ2v) is 6.72. The van der Waals surface area contributed by atoms with Gasteiger partial charge in [0.05, 0.1) is 0 Å². The van der Waals surface area contributed by atoms with Crippen LogP contribution in [0.4, 0.5) is 0 Å². The number of rotatable bonds is 5. The Morgan fingerprint density at radius 2 is 2.24 bits per heavy atom. The van der Waals surface area contributed by atoms with E-state index in [1.807, 2.05) is 0 Å². The first kappa shape index (κ1) is 12.5. The van der Waals surface area contributed by atoms with Crippen molar-refractivity contribution in [1.82, 2.24) is 4.72 Å². The molecule has 2 N–H and O–H groups in total. The van der Waals surface area contributed by atoms with Gasteiger partial charge in [0.1, 0.15) is 9.77 Å². The van der Waals surface area contributed by atoms with E-state index >= 15 is 0 Å². The van der Waals surface area contributed by atoms with Crippen molar-refractivity contribution in [2.24, 2.45) is 5.92 Å². The molecule has 1 saturated carbocycles. The Balaban J connectivity index is 2.13. The Morgan fingerprint density at radius 1 is 1.53 bits per heavy atom. The predicted octanol–water partition coefficient (Wildman–Crippen LogP) is 1.52. The van der Waals surface area contributed by atoms with E-state index < -0.39 is 16.0 Å². The van der Waals surface area contributed by atoms with Gasteiger partial charge in [0.2, 0.25) is 10.0 Å². The van der Waals surface area contributed by atoms with E-state index in [4.69, 9.17) is 5.11 Å². The maximum absolute atomic E-state index is 11.9. The highest BCUT2D eigenvalue weighted by Gasteiger charge is 2.25. The highest BCUT2D eigenvalue weighted by atomic mass is 32.2. The van der Waals surface area contributed by atoms with Gasteiger partial charge in [-0.05, 0) is 30.2 Å². The molecule has 0 atom stereocenters. The van der Waals surface area contributed by atoms with Gasteiger partial charge in [0.25, 0.3) is 0 Å². The second kappa shape index (κ2) is 4.75. The van der Waals surface area contributed by atoms with Gasteiger partial charge in [-0.3, -0.25) is 0 Å². The molecule has 1 aliphatic rings. The zero-order valence-electron chi connectivity index (χ0n) is 9.05. The Morgan fingerprint density at radius 3 is 2.76 bits per heavy atom. The van der Waals surface area contributed by atoms with E-state index in [9.17, 15) is 13.2 Å². The summed E-state index contributed by atoms with van der Waals surface area (Å²) in [5.74, 6) is -0.805. The van der Waals surface area contributed by atoms with Crippen molar-refractivity contribution in [1.29, 1.82) is 0 Å². The Labute approximate surface area is 104 Å². The summed E-state index contributed by atoms with van der Waals surface area (Å²) in [7, 11) is -3.68. The minimum atomic E-state index is -3.68. The van der Waals surface area contributed by atoms with Crippen molar-refractivity contribution in [2.45, 2.75) is 24.2 Å². The number of hydrogen-bond donors (Lipinski definition) is 2. The van der Waals surface area contributed by atoms with Gasteiger partial charge in [-0.2, -0.15) is 0 Å². The molecule has 1 aliphatic carbocycles. The Bertz CT molecular complexity index is 516. The van der Waals surface area contributed by atoms with E-state index in [0.717, 1.165) is 30.6 Å². The fourth-order valence-corrected chi connectivity index (χ4v) is 4.04. The van der Waals surface area contributed by atoms with Gasteiger partial charge < -0.3 is 5.11 Å². The van der Waals surface area contributed by atoms with Gasteiger partial charge in [0, 0.05) is 6.54 Å². The molecule has 0 aromatic carbocycles.